The van der Waals surface area contributed by atoms with E-state index in [9.17, 15) is 8.42 Å². The molecule has 7 heteroatoms. The molecule has 0 rings (SSSR count). The van der Waals surface area contributed by atoms with E-state index in [1.54, 1.807) is 0 Å². The van der Waals surface area contributed by atoms with Crippen LogP contribution < -0.4 is 42.8 Å². The third kappa shape index (κ3) is 15.6. The number of alkyl halides is 1. The second-order valence-electron chi connectivity index (χ2n) is 0.691. The molecule has 0 aromatic heterocycles. The van der Waals surface area contributed by atoms with Gasteiger partial charge in [-0.3, -0.25) is 4.55 Å². The van der Waals surface area contributed by atoms with Gasteiger partial charge in [0.1, 0.15) is 5.21 Å². The van der Waals surface area contributed by atoms with Gasteiger partial charge in [0.15, 0.2) is 0 Å². The van der Waals surface area contributed by atoms with Gasteiger partial charge in [-0.05, 0) is 0 Å². The molecule has 1 N–H and O–H groups in total. The van der Waals surface area contributed by atoms with Gasteiger partial charge in [-0.25, -0.2) is 0 Å². The summed E-state index contributed by atoms with van der Waals surface area (Å²) in [5.41, 5.74) is 0. The maximum absolute atomic E-state index is 9.42. The van der Waals surface area contributed by atoms with Gasteiger partial charge < -0.3 is 24.0 Å². The fraction of sp³-hybridized carbons (Fsp3) is 1.00. The zero-order valence-electron chi connectivity index (χ0n) is 4.13. The van der Waals surface area contributed by atoms with Gasteiger partial charge in [-0.1, -0.05) is 0 Å². The van der Waals surface area contributed by atoms with E-state index in [2.05, 4.69) is 11.6 Å². The molecule has 0 bridgehead atoms. The molecule has 0 aliphatic carbocycles. The molecule has 0 aliphatic rings. The van der Waals surface area contributed by atoms with E-state index in [-0.39, 0.29) is 42.8 Å². The zero-order valence-corrected chi connectivity index (χ0v) is 7.86. The molecule has 8 heavy (non-hydrogen) atoms. The second kappa shape index (κ2) is 6.64. The van der Waals surface area contributed by atoms with Gasteiger partial charge in [0, 0.05) is 0 Å². The van der Waals surface area contributed by atoms with Crippen LogP contribution >= 0.6 is 11.6 Å². The van der Waals surface area contributed by atoms with Crippen LogP contribution in [-0.4, -0.2) is 18.2 Å². The van der Waals surface area contributed by atoms with Crippen molar-refractivity contribution in [3.8, 4) is 0 Å². The quantitative estimate of drug-likeness (QED) is 0.222. The molecule has 3 nitrogen and oxygen atoms in total. The van der Waals surface area contributed by atoms with Crippen molar-refractivity contribution in [1.82, 2.24) is 0 Å². The Bertz CT molecular complexity index is 121. The van der Waals surface area contributed by atoms with E-state index < -0.39 is 15.3 Å². The summed E-state index contributed by atoms with van der Waals surface area (Å²) in [5.74, 6) is 0. The molecule has 0 unspecified atom stereocenters. The van der Waals surface area contributed by atoms with Crippen molar-refractivity contribution >= 4 is 21.7 Å². The van der Waals surface area contributed by atoms with E-state index >= 15 is 0 Å². The minimum Gasteiger partial charge on any atom is -1.00 e. The van der Waals surface area contributed by atoms with Crippen LogP contribution in [0.3, 0.4) is 0 Å². The zero-order chi connectivity index (χ0) is 5.21. The summed E-state index contributed by atoms with van der Waals surface area (Å²) >= 11 is 4.64. The molecular weight excluding hydrogens is 261 g/mol. The molecule has 0 heterocycles. The van der Waals surface area contributed by atoms with E-state index in [1.807, 2.05) is 0 Å². The van der Waals surface area contributed by atoms with Gasteiger partial charge >= 0.3 is 18.9 Å². The first-order chi connectivity index (χ1) is 2.56. The molecule has 0 saturated carbocycles. The Morgan fingerprint density at radius 1 is 1.50 bits per heavy atom. The molecule has 0 aromatic carbocycles. The first kappa shape index (κ1) is 16.3. The van der Waals surface area contributed by atoms with Gasteiger partial charge in [-0.2, -0.15) is 8.42 Å². The van der Waals surface area contributed by atoms with Crippen molar-refractivity contribution in [1.29, 1.82) is 0 Å². The predicted octanol–water partition coefficient (Wildman–Crippen LogP) is -5.92. The van der Waals surface area contributed by atoms with Crippen LogP contribution in [0.5, 0.6) is 0 Å². The van der Waals surface area contributed by atoms with Crippen LogP contribution in [0.4, 0.5) is 0 Å². The Hall–Kier alpha value is 1.53. The van der Waals surface area contributed by atoms with Crippen LogP contribution in [0.15, 0.2) is 0 Å². The van der Waals surface area contributed by atoms with Crippen LogP contribution in [0.25, 0.3) is 0 Å². The normalized spacial score (nSPS) is 8.75. The second-order valence-corrected chi connectivity index (χ2v) is 2.73. The Morgan fingerprint density at radius 3 is 1.62 bits per heavy atom. The number of rotatable bonds is 1. The van der Waals surface area contributed by atoms with Gasteiger partial charge in [-0.15, -0.1) is 11.6 Å². The van der Waals surface area contributed by atoms with Gasteiger partial charge in [0.2, 0.25) is 0 Å². The van der Waals surface area contributed by atoms with E-state index in [1.165, 1.54) is 0 Å². The largest absolute Gasteiger partial charge is 1.00 e. The average Bonchev–Trinajstić information content (AvgIpc) is 1.35. The first-order valence-corrected chi connectivity index (χ1v) is 3.22. The van der Waals surface area contributed by atoms with Crippen molar-refractivity contribution in [2.24, 2.45) is 0 Å². The van der Waals surface area contributed by atoms with E-state index in [4.69, 9.17) is 4.55 Å². The van der Waals surface area contributed by atoms with E-state index in [0.717, 1.165) is 0 Å². The van der Waals surface area contributed by atoms with Crippen molar-refractivity contribution < 1.29 is 55.8 Å². The number of hydrogen-bond acceptors (Lipinski definition) is 2. The molecule has 0 radical (unpaired) electrons. The van der Waals surface area contributed by atoms with Gasteiger partial charge in [0.25, 0.3) is 10.1 Å². The maximum atomic E-state index is 9.42. The number of halogens is 2. The Morgan fingerprint density at radius 2 is 1.62 bits per heavy atom. The summed E-state index contributed by atoms with van der Waals surface area (Å²) in [6.45, 7) is 0. The fourth-order valence-corrected chi connectivity index (χ4v) is 0. The van der Waals surface area contributed by atoms with Crippen LogP contribution in [0, 0.1) is 0 Å². The summed E-state index contributed by atoms with van der Waals surface area (Å²) in [4.78, 5) is 0. The predicted molar refractivity (Wildman–Crippen MR) is 22.3 cm³/mol. The molecule has 0 atom stereocenters. The molecule has 46 valence electrons. The molecule has 0 aromatic rings. The standard InChI is InChI=1S/CH3ClO3S.HI.Li/c2-1-6(3,4)5;;/h1H2,(H,3,4,5);1H;/q;;+1/p-1. The Kier molecular flexibility index (Phi) is 13.5. The summed E-state index contributed by atoms with van der Waals surface area (Å²) in [5, 5.41) is -0.729. The molecule has 0 aliphatic heterocycles. The van der Waals surface area contributed by atoms with Gasteiger partial charge in [0.05, 0.1) is 0 Å². The Labute approximate surface area is 82.1 Å². The molecule has 0 spiro atoms. The SMILES string of the molecule is O=S(=O)(O)CCl.[I-].[Li+]. The molecule has 0 saturated heterocycles. The smallest absolute Gasteiger partial charge is 1.00 e. The maximum Gasteiger partial charge on any atom is 1.00 e. The summed E-state index contributed by atoms with van der Waals surface area (Å²) in [6.07, 6.45) is 0. The topological polar surface area (TPSA) is 54.4 Å². The monoisotopic (exact) mass is 264 g/mol. The minimum atomic E-state index is -3.90. The summed E-state index contributed by atoms with van der Waals surface area (Å²) < 4.78 is 26.5. The van der Waals surface area contributed by atoms with Crippen molar-refractivity contribution in [2.45, 2.75) is 0 Å². The van der Waals surface area contributed by atoms with E-state index in [0.29, 0.717) is 0 Å². The minimum absolute atomic E-state index is 0. The van der Waals surface area contributed by atoms with Crippen molar-refractivity contribution in [3.63, 3.8) is 0 Å². The first-order valence-electron chi connectivity index (χ1n) is 1.07. The fourth-order valence-electron chi connectivity index (χ4n) is 0. The molecule has 0 amide bonds. The molecular formula is CH3ClILiO3S. The average molecular weight is 264 g/mol. The third-order valence-electron chi connectivity index (χ3n) is 0.138. The van der Waals surface area contributed by atoms with Crippen molar-refractivity contribution in [2.75, 3.05) is 5.21 Å². The van der Waals surface area contributed by atoms with Crippen molar-refractivity contribution in [3.05, 3.63) is 0 Å². The van der Waals surface area contributed by atoms with Crippen LogP contribution in [0.1, 0.15) is 0 Å². The molecule has 0 fully saturated rings. The summed E-state index contributed by atoms with van der Waals surface area (Å²) in [7, 11) is -3.90. The van der Waals surface area contributed by atoms with Crippen LogP contribution in [-0.2, 0) is 10.1 Å². The summed E-state index contributed by atoms with van der Waals surface area (Å²) in [6, 6.07) is 0. The number of hydrogen-bond donors (Lipinski definition) is 1. The Balaban J connectivity index is -0.000000125. The third-order valence-corrected chi connectivity index (χ3v) is 1.24. The van der Waals surface area contributed by atoms with Crippen LogP contribution in [0.2, 0.25) is 0 Å².